The fraction of sp³-hybridized carbons (Fsp3) is 0.0476. The lowest BCUT2D eigenvalue weighted by molar-refractivity contribution is 0.0846. The second kappa shape index (κ2) is 9.69. The van der Waals surface area contributed by atoms with Crippen LogP contribution in [0.25, 0.3) is 0 Å². The Morgan fingerprint density at radius 1 is 0.839 bits per heavy atom. The minimum absolute atomic E-state index is 0.0339. The molecule has 0 aliphatic heterocycles. The third-order valence-electron chi connectivity index (χ3n) is 4.24. The van der Waals surface area contributed by atoms with Crippen molar-refractivity contribution in [1.29, 1.82) is 0 Å². The van der Waals surface area contributed by atoms with Crippen molar-refractivity contribution in [3.05, 3.63) is 100 Å². The number of sulfonamides is 1. The lowest BCUT2D eigenvalue weighted by atomic mass is 10.1. The molecule has 0 atom stereocenters. The molecular weight excluding hydrogens is 445 g/mol. The molecule has 7 nitrogen and oxygen atoms in total. The Kier molecular flexibility index (Phi) is 7.01. The van der Waals surface area contributed by atoms with Gasteiger partial charge >= 0.3 is 0 Å². The van der Waals surface area contributed by atoms with Gasteiger partial charge in [-0.15, -0.1) is 0 Å². The van der Waals surface area contributed by atoms with E-state index in [1.54, 1.807) is 48.5 Å². The number of halogens is 2. The first-order valence-corrected chi connectivity index (χ1v) is 10.8. The van der Waals surface area contributed by atoms with Gasteiger partial charge in [-0.2, -0.15) is 0 Å². The molecule has 31 heavy (non-hydrogen) atoms. The van der Waals surface area contributed by atoms with Gasteiger partial charge in [0.15, 0.2) is 0 Å². The molecule has 3 N–H and O–H groups in total. The van der Waals surface area contributed by atoms with Crippen molar-refractivity contribution in [2.45, 2.75) is 11.4 Å². The molecule has 2 amide bonds. The predicted octanol–water partition coefficient (Wildman–Crippen LogP) is 3.03. The van der Waals surface area contributed by atoms with E-state index in [1.807, 2.05) is 0 Å². The average molecular weight is 462 g/mol. The molecule has 3 aromatic rings. The molecule has 160 valence electrons. The zero-order valence-corrected chi connectivity index (χ0v) is 17.5. The van der Waals surface area contributed by atoms with Crippen LogP contribution >= 0.6 is 11.6 Å². The molecular formula is C21H17ClFN3O4S. The first-order chi connectivity index (χ1) is 14.8. The molecule has 0 unspecified atom stereocenters. The fourth-order valence-corrected chi connectivity index (χ4v) is 3.90. The molecule has 3 rings (SSSR count). The van der Waals surface area contributed by atoms with Gasteiger partial charge in [0, 0.05) is 17.7 Å². The van der Waals surface area contributed by atoms with E-state index in [1.165, 1.54) is 24.3 Å². The van der Waals surface area contributed by atoms with Crippen LogP contribution in [0.5, 0.6) is 0 Å². The summed E-state index contributed by atoms with van der Waals surface area (Å²) >= 11 is 5.97. The van der Waals surface area contributed by atoms with E-state index in [0.29, 0.717) is 5.56 Å². The molecule has 0 fully saturated rings. The van der Waals surface area contributed by atoms with Crippen molar-refractivity contribution < 1.29 is 22.4 Å². The van der Waals surface area contributed by atoms with Crippen LogP contribution < -0.4 is 15.6 Å². The molecule has 0 bridgehead atoms. The maximum Gasteiger partial charge on any atom is 0.271 e. The largest absolute Gasteiger partial charge is 0.271 e. The van der Waals surface area contributed by atoms with Crippen LogP contribution in [-0.2, 0) is 16.6 Å². The number of carbonyl (C=O) groups is 2. The Morgan fingerprint density at radius 3 is 2.06 bits per heavy atom. The summed E-state index contributed by atoms with van der Waals surface area (Å²) in [5.41, 5.74) is 4.43. The maximum atomic E-state index is 14.6. The van der Waals surface area contributed by atoms with E-state index < -0.39 is 32.7 Å². The number of hydrogen-bond acceptors (Lipinski definition) is 4. The molecule has 0 aliphatic carbocycles. The van der Waals surface area contributed by atoms with E-state index in [0.717, 1.165) is 0 Å². The molecule has 0 saturated carbocycles. The lowest BCUT2D eigenvalue weighted by Gasteiger charge is -2.12. The summed E-state index contributed by atoms with van der Waals surface area (Å²) in [6.45, 7) is -0.366. The quantitative estimate of drug-likeness (QED) is 0.491. The van der Waals surface area contributed by atoms with Crippen LogP contribution in [0.1, 0.15) is 26.3 Å². The summed E-state index contributed by atoms with van der Waals surface area (Å²) in [5, 5.41) is -0.497. The van der Waals surface area contributed by atoms with Crippen molar-refractivity contribution in [2.24, 2.45) is 0 Å². The second-order valence-corrected chi connectivity index (χ2v) is 8.46. The summed E-state index contributed by atoms with van der Waals surface area (Å²) in [4.78, 5) is 24.3. The Bertz CT molecular complexity index is 1210. The summed E-state index contributed by atoms with van der Waals surface area (Å²) < 4.78 is 41.5. The van der Waals surface area contributed by atoms with Crippen molar-refractivity contribution >= 4 is 33.4 Å². The van der Waals surface area contributed by atoms with Crippen LogP contribution in [0.4, 0.5) is 4.39 Å². The Hall–Kier alpha value is -3.27. The summed E-state index contributed by atoms with van der Waals surface area (Å²) in [5.74, 6) is -2.33. The van der Waals surface area contributed by atoms with Gasteiger partial charge in [0.1, 0.15) is 5.82 Å². The SMILES string of the molecule is O=C(NNC(=O)c1ccc(CNS(=O)(=O)c2ccccc2)c(F)c1Cl)c1ccccc1. The highest BCUT2D eigenvalue weighted by atomic mass is 35.5. The minimum atomic E-state index is -3.85. The van der Waals surface area contributed by atoms with Gasteiger partial charge in [0.05, 0.1) is 15.5 Å². The standard InChI is InChI=1S/C21H17ClFN3O4S/c22-18-17(21(28)26-25-20(27)14-7-3-1-4-8-14)12-11-15(19(18)23)13-24-31(29,30)16-9-5-2-6-10-16/h1-12,24H,13H2,(H,25,27)(H,26,28). The van der Waals surface area contributed by atoms with E-state index >= 15 is 0 Å². The minimum Gasteiger partial charge on any atom is -0.267 e. The first kappa shape index (κ1) is 22.4. The molecule has 3 aromatic carbocycles. The Balaban J connectivity index is 1.67. The van der Waals surface area contributed by atoms with Gasteiger partial charge in [0.25, 0.3) is 11.8 Å². The number of hydrogen-bond donors (Lipinski definition) is 3. The molecule has 10 heteroatoms. The zero-order valence-electron chi connectivity index (χ0n) is 15.9. The molecule has 0 aliphatic rings. The predicted molar refractivity (Wildman–Crippen MR) is 113 cm³/mol. The second-order valence-electron chi connectivity index (χ2n) is 6.31. The molecule has 0 saturated heterocycles. The van der Waals surface area contributed by atoms with Gasteiger partial charge < -0.3 is 0 Å². The Labute approximate surface area is 183 Å². The van der Waals surface area contributed by atoms with Gasteiger partial charge in [-0.05, 0) is 30.3 Å². The van der Waals surface area contributed by atoms with Crippen LogP contribution in [0.3, 0.4) is 0 Å². The van der Waals surface area contributed by atoms with Gasteiger partial charge in [-0.1, -0.05) is 54.1 Å². The highest BCUT2D eigenvalue weighted by molar-refractivity contribution is 7.89. The fourth-order valence-electron chi connectivity index (χ4n) is 2.60. The zero-order chi connectivity index (χ0) is 22.4. The van der Waals surface area contributed by atoms with Gasteiger partial charge in [0.2, 0.25) is 10.0 Å². The van der Waals surface area contributed by atoms with Gasteiger partial charge in [-0.25, -0.2) is 17.5 Å². The summed E-state index contributed by atoms with van der Waals surface area (Å²) in [6.07, 6.45) is 0. The third kappa shape index (κ3) is 5.46. The Morgan fingerprint density at radius 2 is 1.42 bits per heavy atom. The number of amides is 2. The van der Waals surface area contributed by atoms with Crippen LogP contribution in [-0.4, -0.2) is 20.2 Å². The molecule has 0 aromatic heterocycles. The highest BCUT2D eigenvalue weighted by Crippen LogP contribution is 2.23. The van der Waals surface area contributed by atoms with E-state index in [-0.39, 0.29) is 22.6 Å². The maximum absolute atomic E-state index is 14.6. The third-order valence-corrected chi connectivity index (χ3v) is 6.03. The van der Waals surface area contributed by atoms with Crippen LogP contribution in [0.2, 0.25) is 5.02 Å². The van der Waals surface area contributed by atoms with Crippen molar-refractivity contribution in [3.63, 3.8) is 0 Å². The van der Waals surface area contributed by atoms with Crippen molar-refractivity contribution in [3.8, 4) is 0 Å². The topological polar surface area (TPSA) is 104 Å². The number of benzene rings is 3. The molecule has 0 heterocycles. The number of carbonyl (C=O) groups excluding carboxylic acids is 2. The molecule has 0 spiro atoms. The first-order valence-electron chi connectivity index (χ1n) is 8.97. The number of hydrazine groups is 1. The summed E-state index contributed by atoms with van der Waals surface area (Å²) in [7, 11) is -3.85. The van der Waals surface area contributed by atoms with Crippen molar-refractivity contribution in [2.75, 3.05) is 0 Å². The van der Waals surface area contributed by atoms with E-state index in [9.17, 15) is 22.4 Å². The van der Waals surface area contributed by atoms with E-state index in [2.05, 4.69) is 15.6 Å². The highest BCUT2D eigenvalue weighted by Gasteiger charge is 2.20. The normalized spacial score (nSPS) is 11.0. The number of rotatable bonds is 6. The average Bonchev–Trinajstić information content (AvgIpc) is 2.79. The number of nitrogens with one attached hydrogen (secondary N) is 3. The summed E-state index contributed by atoms with van der Waals surface area (Å²) in [6, 6.07) is 18.3. The smallest absolute Gasteiger partial charge is 0.267 e. The molecule has 0 radical (unpaired) electrons. The van der Waals surface area contributed by atoms with Crippen LogP contribution in [0, 0.1) is 5.82 Å². The van der Waals surface area contributed by atoms with Crippen molar-refractivity contribution in [1.82, 2.24) is 15.6 Å². The monoisotopic (exact) mass is 461 g/mol. The van der Waals surface area contributed by atoms with Gasteiger partial charge in [-0.3, -0.25) is 20.4 Å². The van der Waals surface area contributed by atoms with E-state index in [4.69, 9.17) is 11.6 Å². The lowest BCUT2D eigenvalue weighted by Crippen LogP contribution is -2.41. The van der Waals surface area contributed by atoms with Crippen LogP contribution in [0.15, 0.2) is 77.7 Å².